The zero-order valence-electron chi connectivity index (χ0n) is 10.7. The fourth-order valence-electron chi connectivity index (χ4n) is 1.59. The largest absolute Gasteiger partial charge is 0.381 e. The Morgan fingerprint density at radius 1 is 1.47 bits per heavy atom. The predicted molar refractivity (Wildman–Crippen MR) is 66.0 cm³/mol. The second kappa shape index (κ2) is 9.39. The summed E-state index contributed by atoms with van der Waals surface area (Å²) in [6.45, 7) is 6.26. The number of morpholine rings is 1. The molecule has 0 bridgehead atoms. The summed E-state index contributed by atoms with van der Waals surface area (Å²) in [7, 11) is 0. The molecule has 0 aromatic carbocycles. The van der Waals surface area contributed by atoms with E-state index in [2.05, 4.69) is 17.6 Å². The molecule has 1 aliphatic heterocycles. The maximum absolute atomic E-state index is 11.6. The molecule has 0 saturated carbocycles. The molecule has 1 atom stereocenters. The van der Waals surface area contributed by atoms with E-state index in [0.29, 0.717) is 19.8 Å². The highest BCUT2D eigenvalue weighted by molar-refractivity contribution is 5.81. The van der Waals surface area contributed by atoms with Gasteiger partial charge < -0.3 is 20.1 Å². The van der Waals surface area contributed by atoms with E-state index >= 15 is 0 Å². The third kappa shape index (κ3) is 6.61. The molecule has 0 spiro atoms. The first-order chi connectivity index (χ1) is 8.34. The molecule has 17 heavy (non-hydrogen) atoms. The lowest BCUT2D eigenvalue weighted by Crippen LogP contribution is -2.51. The van der Waals surface area contributed by atoms with E-state index in [1.165, 1.54) is 0 Å². The number of carbonyl (C=O) groups excluding carboxylic acids is 1. The van der Waals surface area contributed by atoms with Crippen molar-refractivity contribution in [2.24, 2.45) is 0 Å². The highest BCUT2D eigenvalue weighted by Gasteiger charge is 2.20. The van der Waals surface area contributed by atoms with Gasteiger partial charge in [-0.2, -0.15) is 0 Å². The summed E-state index contributed by atoms with van der Waals surface area (Å²) >= 11 is 0. The Hall–Kier alpha value is -0.650. The molecule has 2 N–H and O–H groups in total. The van der Waals surface area contributed by atoms with Gasteiger partial charge in [0.05, 0.1) is 13.2 Å². The van der Waals surface area contributed by atoms with E-state index in [1.807, 2.05) is 0 Å². The molecule has 1 saturated heterocycles. The SMILES string of the molecule is CCCCOCCCNC(=O)C1COCCN1. The van der Waals surface area contributed by atoms with Gasteiger partial charge in [-0.15, -0.1) is 0 Å². The van der Waals surface area contributed by atoms with Crippen LogP contribution in [0.15, 0.2) is 0 Å². The topological polar surface area (TPSA) is 59.6 Å². The summed E-state index contributed by atoms with van der Waals surface area (Å²) in [5, 5.41) is 6.00. The van der Waals surface area contributed by atoms with Gasteiger partial charge in [0.25, 0.3) is 0 Å². The van der Waals surface area contributed by atoms with Crippen LogP contribution in [0.2, 0.25) is 0 Å². The third-order valence-corrected chi connectivity index (χ3v) is 2.65. The standard InChI is InChI=1S/C12H24N2O3/c1-2-3-7-16-8-4-5-14-12(15)11-10-17-9-6-13-11/h11,13H,2-10H2,1H3,(H,14,15). The zero-order valence-corrected chi connectivity index (χ0v) is 10.7. The summed E-state index contributed by atoms with van der Waals surface area (Å²) in [5.74, 6) is 0.0262. The van der Waals surface area contributed by atoms with Crippen molar-refractivity contribution in [2.45, 2.75) is 32.2 Å². The lowest BCUT2D eigenvalue weighted by atomic mass is 10.2. The van der Waals surface area contributed by atoms with Crippen molar-refractivity contribution in [3.05, 3.63) is 0 Å². The minimum Gasteiger partial charge on any atom is -0.381 e. The van der Waals surface area contributed by atoms with Gasteiger partial charge in [-0.1, -0.05) is 13.3 Å². The second-order valence-corrected chi connectivity index (χ2v) is 4.19. The van der Waals surface area contributed by atoms with E-state index in [-0.39, 0.29) is 11.9 Å². The van der Waals surface area contributed by atoms with Crippen LogP contribution in [0.3, 0.4) is 0 Å². The van der Waals surface area contributed by atoms with Crippen LogP contribution < -0.4 is 10.6 Å². The molecule has 0 aliphatic carbocycles. The average molecular weight is 244 g/mol. The van der Waals surface area contributed by atoms with Gasteiger partial charge >= 0.3 is 0 Å². The Balaban J connectivity index is 1.92. The summed E-state index contributed by atoms with van der Waals surface area (Å²) < 4.78 is 10.6. The number of unbranched alkanes of at least 4 members (excludes halogenated alkanes) is 1. The number of hydrogen-bond donors (Lipinski definition) is 2. The second-order valence-electron chi connectivity index (χ2n) is 4.19. The molecule has 1 aliphatic rings. The van der Waals surface area contributed by atoms with Crippen molar-refractivity contribution in [1.29, 1.82) is 0 Å². The number of amides is 1. The average Bonchev–Trinajstić information content (AvgIpc) is 2.38. The Labute approximate surface area is 103 Å². The van der Waals surface area contributed by atoms with E-state index in [9.17, 15) is 4.79 Å². The van der Waals surface area contributed by atoms with Crippen LogP contribution in [0.4, 0.5) is 0 Å². The Morgan fingerprint density at radius 3 is 3.00 bits per heavy atom. The van der Waals surface area contributed by atoms with Crippen molar-refractivity contribution in [1.82, 2.24) is 10.6 Å². The first-order valence-electron chi connectivity index (χ1n) is 6.51. The van der Waals surface area contributed by atoms with Crippen molar-refractivity contribution in [3.8, 4) is 0 Å². The molecule has 0 aromatic rings. The lowest BCUT2D eigenvalue weighted by Gasteiger charge is -2.22. The molecular formula is C12H24N2O3. The van der Waals surface area contributed by atoms with Crippen LogP contribution in [0, 0.1) is 0 Å². The summed E-state index contributed by atoms with van der Waals surface area (Å²) in [5.41, 5.74) is 0. The van der Waals surface area contributed by atoms with Gasteiger partial charge in [0.15, 0.2) is 0 Å². The van der Waals surface area contributed by atoms with Gasteiger partial charge in [-0.25, -0.2) is 0 Å². The van der Waals surface area contributed by atoms with Crippen molar-refractivity contribution >= 4 is 5.91 Å². The minimum atomic E-state index is -0.190. The quantitative estimate of drug-likeness (QED) is 0.603. The maximum Gasteiger partial charge on any atom is 0.239 e. The number of carbonyl (C=O) groups is 1. The van der Waals surface area contributed by atoms with Crippen LogP contribution >= 0.6 is 0 Å². The van der Waals surface area contributed by atoms with Gasteiger partial charge in [-0.05, 0) is 12.8 Å². The van der Waals surface area contributed by atoms with Crippen molar-refractivity contribution in [3.63, 3.8) is 0 Å². The monoisotopic (exact) mass is 244 g/mol. The summed E-state index contributed by atoms with van der Waals surface area (Å²) in [4.78, 5) is 11.6. The molecule has 1 unspecified atom stereocenters. The Kier molecular flexibility index (Phi) is 7.96. The first kappa shape index (κ1) is 14.4. The fraction of sp³-hybridized carbons (Fsp3) is 0.917. The number of nitrogens with one attached hydrogen (secondary N) is 2. The van der Waals surface area contributed by atoms with E-state index < -0.39 is 0 Å². The highest BCUT2D eigenvalue weighted by atomic mass is 16.5. The molecule has 1 fully saturated rings. The normalized spacial score (nSPS) is 20.2. The van der Waals surface area contributed by atoms with E-state index in [0.717, 1.165) is 39.0 Å². The molecule has 100 valence electrons. The smallest absolute Gasteiger partial charge is 0.239 e. The van der Waals surface area contributed by atoms with Crippen LogP contribution in [0.25, 0.3) is 0 Å². The molecular weight excluding hydrogens is 220 g/mol. The van der Waals surface area contributed by atoms with Crippen LogP contribution in [-0.2, 0) is 14.3 Å². The summed E-state index contributed by atoms with van der Waals surface area (Å²) in [6, 6.07) is -0.190. The van der Waals surface area contributed by atoms with Gasteiger partial charge in [0, 0.05) is 26.3 Å². The van der Waals surface area contributed by atoms with E-state index in [1.54, 1.807) is 0 Å². The molecule has 1 heterocycles. The van der Waals surface area contributed by atoms with Gasteiger partial charge in [0.2, 0.25) is 5.91 Å². The molecule has 5 heteroatoms. The molecule has 5 nitrogen and oxygen atoms in total. The molecule has 1 rings (SSSR count). The van der Waals surface area contributed by atoms with Crippen LogP contribution in [0.5, 0.6) is 0 Å². The van der Waals surface area contributed by atoms with Crippen LogP contribution in [-0.4, -0.2) is 51.5 Å². The van der Waals surface area contributed by atoms with Crippen molar-refractivity contribution in [2.75, 3.05) is 39.5 Å². The zero-order chi connectivity index (χ0) is 12.3. The molecule has 0 aromatic heterocycles. The molecule has 0 radical (unpaired) electrons. The lowest BCUT2D eigenvalue weighted by molar-refractivity contribution is -0.125. The molecule has 1 amide bonds. The van der Waals surface area contributed by atoms with Gasteiger partial charge in [-0.3, -0.25) is 4.79 Å². The summed E-state index contributed by atoms with van der Waals surface area (Å²) in [6.07, 6.45) is 3.13. The first-order valence-corrected chi connectivity index (χ1v) is 6.51. The number of ether oxygens (including phenoxy) is 2. The Bertz CT molecular complexity index is 206. The third-order valence-electron chi connectivity index (χ3n) is 2.65. The predicted octanol–water partition coefficient (Wildman–Crippen LogP) is 0.298. The Morgan fingerprint density at radius 2 is 2.29 bits per heavy atom. The maximum atomic E-state index is 11.6. The fourth-order valence-corrected chi connectivity index (χ4v) is 1.59. The van der Waals surface area contributed by atoms with E-state index in [4.69, 9.17) is 9.47 Å². The van der Waals surface area contributed by atoms with Gasteiger partial charge in [0.1, 0.15) is 6.04 Å². The van der Waals surface area contributed by atoms with Crippen LogP contribution in [0.1, 0.15) is 26.2 Å². The van der Waals surface area contributed by atoms with Crippen molar-refractivity contribution < 1.29 is 14.3 Å². The number of rotatable bonds is 8. The highest BCUT2D eigenvalue weighted by Crippen LogP contribution is 1.93. The number of hydrogen-bond acceptors (Lipinski definition) is 4. The minimum absolute atomic E-state index is 0.0262.